The summed E-state index contributed by atoms with van der Waals surface area (Å²) in [5.41, 5.74) is 7.29. The minimum Gasteiger partial charge on any atom is -0.400 e. The van der Waals surface area contributed by atoms with E-state index < -0.39 is 0 Å². The summed E-state index contributed by atoms with van der Waals surface area (Å²) in [5.74, 6) is 0.466. The average Bonchev–Trinajstić information content (AvgIpc) is 2.65. The lowest BCUT2D eigenvalue weighted by atomic mass is 9.93. The summed E-state index contributed by atoms with van der Waals surface area (Å²) in [4.78, 5) is 12.4. The summed E-state index contributed by atoms with van der Waals surface area (Å²) >= 11 is 0. The zero-order valence-corrected chi connectivity index (χ0v) is 9.17. The van der Waals surface area contributed by atoms with Crippen LogP contribution in [-0.4, -0.2) is 31.7 Å². The van der Waals surface area contributed by atoms with Gasteiger partial charge in [0.15, 0.2) is 11.5 Å². The summed E-state index contributed by atoms with van der Waals surface area (Å²) in [7, 11) is 1.00. The van der Waals surface area contributed by atoms with E-state index in [0.29, 0.717) is 11.9 Å². The Morgan fingerprint density at radius 2 is 2.06 bits per heavy atom. The molecule has 0 aromatic carbocycles. The zero-order valence-electron chi connectivity index (χ0n) is 9.17. The van der Waals surface area contributed by atoms with Gasteiger partial charge < -0.3 is 15.4 Å². The minimum atomic E-state index is 0.466. The number of nitrogens with zero attached hydrogens (tertiary/aromatic N) is 4. The van der Waals surface area contributed by atoms with Gasteiger partial charge in [0.05, 0.1) is 6.33 Å². The first-order valence-electron chi connectivity index (χ1n) is 5.24. The molecule has 0 aliphatic heterocycles. The van der Waals surface area contributed by atoms with Crippen LogP contribution in [0.3, 0.4) is 0 Å². The normalized spacial score (nSPS) is 15.4. The van der Waals surface area contributed by atoms with Crippen molar-refractivity contribution in [2.45, 2.75) is 25.3 Å². The summed E-state index contributed by atoms with van der Waals surface area (Å²) in [6.45, 7) is 0. The predicted molar refractivity (Wildman–Crippen MR) is 60.8 cm³/mol. The van der Waals surface area contributed by atoms with Gasteiger partial charge in [-0.25, -0.2) is 15.0 Å². The van der Waals surface area contributed by atoms with Crippen LogP contribution in [0, 0.1) is 0 Å². The molecule has 1 saturated carbocycles. The quantitative estimate of drug-likeness (QED) is 0.741. The second-order valence-electron chi connectivity index (χ2n) is 3.67. The van der Waals surface area contributed by atoms with Crippen molar-refractivity contribution in [2.75, 3.05) is 12.8 Å². The molecule has 2 aromatic rings. The van der Waals surface area contributed by atoms with Crippen LogP contribution in [0.5, 0.6) is 0 Å². The highest BCUT2D eigenvalue weighted by Gasteiger charge is 2.22. The second-order valence-corrected chi connectivity index (χ2v) is 3.67. The number of hydrogen-bond donors (Lipinski definition) is 2. The van der Waals surface area contributed by atoms with E-state index in [-0.39, 0.29) is 0 Å². The maximum absolute atomic E-state index is 7.00. The summed E-state index contributed by atoms with van der Waals surface area (Å²) in [6, 6.07) is 0.564. The molecule has 0 saturated heterocycles. The highest BCUT2D eigenvalue weighted by Crippen LogP contribution is 2.33. The van der Waals surface area contributed by atoms with E-state index in [1.807, 2.05) is 6.33 Å². The molecule has 6 heteroatoms. The zero-order chi connectivity index (χ0) is 11.5. The van der Waals surface area contributed by atoms with Crippen LogP contribution in [0.25, 0.3) is 11.2 Å². The number of anilines is 1. The van der Waals surface area contributed by atoms with Crippen LogP contribution in [0.4, 0.5) is 5.82 Å². The van der Waals surface area contributed by atoms with E-state index in [4.69, 9.17) is 10.8 Å². The third kappa shape index (κ3) is 1.61. The van der Waals surface area contributed by atoms with Gasteiger partial charge in [0.25, 0.3) is 0 Å². The molecule has 86 valence electrons. The largest absolute Gasteiger partial charge is 0.400 e. The van der Waals surface area contributed by atoms with Crippen molar-refractivity contribution in [1.82, 2.24) is 19.5 Å². The molecule has 0 spiro atoms. The van der Waals surface area contributed by atoms with Gasteiger partial charge in [0.2, 0.25) is 0 Å². The average molecular weight is 221 g/mol. The van der Waals surface area contributed by atoms with Crippen LogP contribution in [-0.2, 0) is 0 Å². The van der Waals surface area contributed by atoms with Crippen molar-refractivity contribution < 1.29 is 5.11 Å². The number of nitrogen functional groups attached to an aromatic ring is 1. The minimum absolute atomic E-state index is 0.466. The third-order valence-corrected chi connectivity index (χ3v) is 2.86. The van der Waals surface area contributed by atoms with Crippen LogP contribution in [0.1, 0.15) is 25.3 Å². The van der Waals surface area contributed by atoms with Gasteiger partial charge in [-0.1, -0.05) is 0 Å². The van der Waals surface area contributed by atoms with Gasteiger partial charge in [-0.3, -0.25) is 0 Å². The molecule has 1 aliphatic carbocycles. The van der Waals surface area contributed by atoms with Crippen molar-refractivity contribution in [3.63, 3.8) is 0 Å². The Kier molecular flexibility index (Phi) is 3.00. The van der Waals surface area contributed by atoms with Gasteiger partial charge >= 0.3 is 0 Å². The molecule has 0 amide bonds. The van der Waals surface area contributed by atoms with E-state index in [2.05, 4.69) is 19.5 Å². The molecule has 1 aliphatic rings. The topological polar surface area (TPSA) is 89.8 Å². The summed E-state index contributed by atoms with van der Waals surface area (Å²) in [5, 5.41) is 7.00. The number of fused-ring (bicyclic) bond motifs is 1. The maximum atomic E-state index is 7.00. The molecule has 3 N–H and O–H groups in total. The van der Waals surface area contributed by atoms with Crippen molar-refractivity contribution >= 4 is 17.0 Å². The van der Waals surface area contributed by atoms with E-state index in [1.165, 1.54) is 25.6 Å². The first-order chi connectivity index (χ1) is 7.86. The Labute approximate surface area is 93.1 Å². The first-order valence-corrected chi connectivity index (χ1v) is 5.24. The molecule has 2 heterocycles. The predicted octanol–water partition coefficient (Wildman–Crippen LogP) is 0.742. The standard InChI is InChI=1S/C9H11N5.CH4O/c10-8-7-9(12-4-11-8)14(5-13-7)6-2-1-3-6;1-2/h4-6H,1-3H2,(H2,10,11,12);2H,1H3. The fourth-order valence-electron chi connectivity index (χ4n) is 1.80. The van der Waals surface area contributed by atoms with Gasteiger partial charge in [0.1, 0.15) is 11.8 Å². The second kappa shape index (κ2) is 4.44. The summed E-state index contributed by atoms with van der Waals surface area (Å²) < 4.78 is 2.11. The molecule has 6 nitrogen and oxygen atoms in total. The van der Waals surface area contributed by atoms with E-state index in [0.717, 1.165) is 18.3 Å². The number of aliphatic hydroxyl groups is 1. The van der Waals surface area contributed by atoms with Crippen molar-refractivity contribution in [3.8, 4) is 0 Å². The molecule has 0 atom stereocenters. The number of imidazole rings is 1. The fraction of sp³-hybridized carbons (Fsp3) is 0.500. The Balaban J connectivity index is 0.000000457. The van der Waals surface area contributed by atoms with Crippen molar-refractivity contribution in [1.29, 1.82) is 0 Å². The fourth-order valence-corrected chi connectivity index (χ4v) is 1.80. The number of hydrogen-bond acceptors (Lipinski definition) is 5. The highest BCUT2D eigenvalue weighted by atomic mass is 16.2. The lowest BCUT2D eigenvalue weighted by Gasteiger charge is -2.26. The molecular formula is C10H15N5O. The van der Waals surface area contributed by atoms with E-state index >= 15 is 0 Å². The molecular weight excluding hydrogens is 206 g/mol. The Hall–Kier alpha value is -1.69. The molecule has 0 unspecified atom stereocenters. The molecule has 0 bridgehead atoms. The van der Waals surface area contributed by atoms with Crippen LogP contribution < -0.4 is 5.73 Å². The number of aromatic nitrogens is 4. The molecule has 16 heavy (non-hydrogen) atoms. The first kappa shape index (κ1) is 10.8. The van der Waals surface area contributed by atoms with E-state index in [1.54, 1.807) is 0 Å². The lowest BCUT2D eigenvalue weighted by Crippen LogP contribution is -2.16. The van der Waals surface area contributed by atoms with E-state index in [9.17, 15) is 0 Å². The smallest absolute Gasteiger partial charge is 0.165 e. The molecule has 0 radical (unpaired) electrons. The van der Waals surface area contributed by atoms with Crippen LogP contribution in [0.15, 0.2) is 12.7 Å². The van der Waals surface area contributed by atoms with Gasteiger partial charge in [-0.15, -0.1) is 0 Å². The monoisotopic (exact) mass is 221 g/mol. The summed E-state index contributed by atoms with van der Waals surface area (Å²) in [6.07, 6.45) is 7.05. The van der Waals surface area contributed by atoms with Crippen LogP contribution >= 0.6 is 0 Å². The molecule has 3 rings (SSSR count). The Morgan fingerprint density at radius 3 is 2.69 bits per heavy atom. The number of aliphatic hydroxyl groups excluding tert-OH is 1. The van der Waals surface area contributed by atoms with Gasteiger partial charge in [0, 0.05) is 13.2 Å². The molecule has 1 fully saturated rings. The van der Waals surface area contributed by atoms with Crippen molar-refractivity contribution in [3.05, 3.63) is 12.7 Å². The maximum Gasteiger partial charge on any atom is 0.165 e. The highest BCUT2D eigenvalue weighted by molar-refractivity contribution is 5.81. The van der Waals surface area contributed by atoms with Gasteiger partial charge in [-0.2, -0.15) is 0 Å². The Morgan fingerprint density at radius 1 is 1.31 bits per heavy atom. The molecule has 2 aromatic heterocycles. The number of nitrogens with two attached hydrogens (primary N) is 1. The number of rotatable bonds is 1. The SMILES string of the molecule is CO.Nc1ncnc2c1ncn2C1CCC1. The van der Waals surface area contributed by atoms with Crippen molar-refractivity contribution in [2.24, 2.45) is 0 Å². The van der Waals surface area contributed by atoms with Crippen LogP contribution in [0.2, 0.25) is 0 Å². The van der Waals surface area contributed by atoms with Gasteiger partial charge in [-0.05, 0) is 19.3 Å². The lowest BCUT2D eigenvalue weighted by molar-refractivity contribution is 0.319. The Bertz CT molecular complexity index is 477. The third-order valence-electron chi connectivity index (χ3n) is 2.86.